The molecular formula is C16H20N2O3. The van der Waals surface area contributed by atoms with Crippen LogP contribution in [0.5, 0.6) is 5.75 Å². The van der Waals surface area contributed by atoms with Crippen LogP contribution in [0.25, 0.3) is 0 Å². The lowest BCUT2D eigenvalue weighted by atomic mass is 10.2. The molecule has 0 saturated heterocycles. The Morgan fingerprint density at radius 2 is 2.10 bits per heavy atom. The van der Waals surface area contributed by atoms with E-state index in [1.54, 1.807) is 31.2 Å². The number of nitrogens with one attached hydrogen (secondary N) is 1. The van der Waals surface area contributed by atoms with Gasteiger partial charge in [0.2, 0.25) is 0 Å². The van der Waals surface area contributed by atoms with E-state index in [0.717, 1.165) is 12.1 Å². The van der Waals surface area contributed by atoms with E-state index < -0.39 is 6.10 Å². The zero-order valence-electron chi connectivity index (χ0n) is 12.0. The molecule has 21 heavy (non-hydrogen) atoms. The molecule has 2 aromatic rings. The topological polar surface area (TPSA) is 63.5 Å². The number of ether oxygens (including phenoxy) is 1. The van der Waals surface area contributed by atoms with Gasteiger partial charge < -0.3 is 19.7 Å². The van der Waals surface area contributed by atoms with Crippen molar-refractivity contribution in [3.05, 3.63) is 54.4 Å². The van der Waals surface area contributed by atoms with Crippen molar-refractivity contribution in [3.63, 3.8) is 0 Å². The molecule has 2 N–H and O–H groups in total. The fraction of sp³-hybridized carbons (Fsp3) is 0.312. The van der Waals surface area contributed by atoms with Gasteiger partial charge in [0.25, 0.3) is 5.91 Å². The van der Waals surface area contributed by atoms with Gasteiger partial charge >= 0.3 is 0 Å². The van der Waals surface area contributed by atoms with Crippen LogP contribution >= 0.6 is 0 Å². The van der Waals surface area contributed by atoms with Gasteiger partial charge in [-0.1, -0.05) is 12.1 Å². The van der Waals surface area contributed by atoms with Gasteiger partial charge in [-0.05, 0) is 36.8 Å². The Morgan fingerprint density at radius 1 is 1.33 bits per heavy atom. The van der Waals surface area contributed by atoms with Crippen LogP contribution in [0.4, 0.5) is 0 Å². The molecule has 0 aliphatic heterocycles. The number of nitrogens with zero attached hydrogens (tertiary/aromatic N) is 1. The minimum Gasteiger partial charge on any atom is -0.481 e. The number of carbonyl (C=O) groups excluding carboxylic acids is 1. The maximum Gasteiger partial charge on any atom is 0.260 e. The van der Waals surface area contributed by atoms with E-state index in [1.807, 2.05) is 29.1 Å². The summed E-state index contributed by atoms with van der Waals surface area (Å²) in [6.45, 7) is 2.94. The van der Waals surface area contributed by atoms with Crippen molar-refractivity contribution >= 4 is 5.91 Å². The van der Waals surface area contributed by atoms with Gasteiger partial charge in [0.05, 0.1) is 6.61 Å². The number of aliphatic hydroxyl groups is 1. The Balaban J connectivity index is 1.78. The van der Waals surface area contributed by atoms with E-state index in [1.165, 1.54) is 0 Å². The Labute approximate surface area is 124 Å². The average molecular weight is 288 g/mol. The number of hydrogen-bond acceptors (Lipinski definition) is 3. The summed E-state index contributed by atoms with van der Waals surface area (Å²) >= 11 is 0. The SMILES string of the molecule is CC(Oc1cccc(CO)c1)C(=O)NCCn1cccc1. The van der Waals surface area contributed by atoms with E-state index in [2.05, 4.69) is 5.32 Å². The number of hydrogen-bond donors (Lipinski definition) is 2. The van der Waals surface area contributed by atoms with Gasteiger partial charge in [-0.2, -0.15) is 0 Å². The number of amides is 1. The van der Waals surface area contributed by atoms with E-state index in [0.29, 0.717) is 12.3 Å². The zero-order chi connectivity index (χ0) is 15.1. The molecule has 0 spiro atoms. The summed E-state index contributed by atoms with van der Waals surface area (Å²) in [7, 11) is 0. The van der Waals surface area contributed by atoms with Crippen LogP contribution in [0.15, 0.2) is 48.8 Å². The summed E-state index contributed by atoms with van der Waals surface area (Å²) < 4.78 is 7.57. The van der Waals surface area contributed by atoms with Crippen LogP contribution in [-0.2, 0) is 17.9 Å². The molecule has 1 heterocycles. The first-order valence-electron chi connectivity index (χ1n) is 6.94. The third-order valence-electron chi connectivity index (χ3n) is 3.10. The summed E-state index contributed by atoms with van der Waals surface area (Å²) in [6.07, 6.45) is 3.32. The molecule has 2 rings (SSSR count). The molecule has 1 unspecified atom stereocenters. The summed E-state index contributed by atoms with van der Waals surface area (Å²) in [4.78, 5) is 11.9. The lowest BCUT2D eigenvalue weighted by Crippen LogP contribution is -2.37. The molecular weight excluding hydrogens is 268 g/mol. The molecule has 0 aliphatic carbocycles. The lowest BCUT2D eigenvalue weighted by Gasteiger charge is -2.15. The lowest BCUT2D eigenvalue weighted by molar-refractivity contribution is -0.127. The smallest absolute Gasteiger partial charge is 0.260 e. The van der Waals surface area contributed by atoms with Crippen LogP contribution < -0.4 is 10.1 Å². The Hall–Kier alpha value is -2.27. The van der Waals surface area contributed by atoms with Gasteiger partial charge in [0, 0.05) is 25.5 Å². The minimum absolute atomic E-state index is 0.0470. The van der Waals surface area contributed by atoms with Crippen LogP contribution in [-0.4, -0.2) is 28.2 Å². The molecule has 0 fully saturated rings. The maximum absolute atomic E-state index is 11.9. The van der Waals surface area contributed by atoms with Crippen LogP contribution in [0.3, 0.4) is 0 Å². The van der Waals surface area contributed by atoms with Gasteiger partial charge in [0.15, 0.2) is 6.10 Å². The average Bonchev–Trinajstić information content (AvgIpc) is 3.00. The highest BCUT2D eigenvalue weighted by molar-refractivity contribution is 5.80. The van der Waals surface area contributed by atoms with Gasteiger partial charge in [-0.15, -0.1) is 0 Å². The van der Waals surface area contributed by atoms with Crippen molar-refractivity contribution in [1.29, 1.82) is 0 Å². The molecule has 1 aromatic heterocycles. The summed E-state index contributed by atoms with van der Waals surface area (Å²) in [5, 5.41) is 11.9. The number of carbonyl (C=O) groups is 1. The van der Waals surface area contributed by atoms with Crippen molar-refractivity contribution in [1.82, 2.24) is 9.88 Å². The molecule has 112 valence electrons. The highest BCUT2D eigenvalue weighted by Crippen LogP contribution is 2.14. The largest absolute Gasteiger partial charge is 0.481 e. The molecule has 5 heteroatoms. The summed E-state index contributed by atoms with van der Waals surface area (Å²) in [6, 6.07) is 11.0. The predicted octanol–water partition coefficient (Wildman–Crippen LogP) is 1.56. The van der Waals surface area contributed by atoms with E-state index in [-0.39, 0.29) is 12.5 Å². The monoisotopic (exact) mass is 288 g/mol. The molecule has 1 atom stereocenters. The van der Waals surface area contributed by atoms with Crippen molar-refractivity contribution in [2.45, 2.75) is 26.2 Å². The van der Waals surface area contributed by atoms with E-state index >= 15 is 0 Å². The second kappa shape index (κ2) is 7.50. The molecule has 0 radical (unpaired) electrons. The number of aromatic nitrogens is 1. The van der Waals surface area contributed by atoms with Crippen LogP contribution in [0.2, 0.25) is 0 Å². The standard InChI is InChI=1S/C16H20N2O3/c1-13(21-15-6-4-5-14(11-15)12-19)16(20)17-7-10-18-8-2-3-9-18/h2-6,8-9,11,13,19H,7,10,12H2,1H3,(H,17,20). The van der Waals surface area contributed by atoms with Crippen molar-refractivity contribution < 1.29 is 14.6 Å². The van der Waals surface area contributed by atoms with E-state index in [9.17, 15) is 4.79 Å². The minimum atomic E-state index is -0.580. The third kappa shape index (κ3) is 4.65. The second-order valence-corrected chi connectivity index (χ2v) is 4.78. The van der Waals surface area contributed by atoms with Crippen molar-refractivity contribution in [2.24, 2.45) is 0 Å². The first-order valence-corrected chi connectivity index (χ1v) is 6.94. The van der Waals surface area contributed by atoms with Gasteiger partial charge in [0.1, 0.15) is 5.75 Å². The summed E-state index contributed by atoms with van der Waals surface area (Å²) in [5.74, 6) is 0.422. The Kier molecular flexibility index (Phi) is 5.40. The maximum atomic E-state index is 11.9. The molecule has 0 saturated carbocycles. The summed E-state index contributed by atoms with van der Waals surface area (Å²) in [5.41, 5.74) is 0.757. The van der Waals surface area contributed by atoms with Gasteiger partial charge in [-0.3, -0.25) is 4.79 Å². The molecule has 5 nitrogen and oxygen atoms in total. The quantitative estimate of drug-likeness (QED) is 0.813. The molecule has 1 aromatic carbocycles. The zero-order valence-corrected chi connectivity index (χ0v) is 12.0. The highest BCUT2D eigenvalue weighted by atomic mass is 16.5. The number of aliphatic hydroxyl groups excluding tert-OH is 1. The van der Waals surface area contributed by atoms with Crippen LogP contribution in [0.1, 0.15) is 12.5 Å². The Morgan fingerprint density at radius 3 is 2.81 bits per heavy atom. The first kappa shape index (κ1) is 15.1. The normalized spacial score (nSPS) is 11.9. The third-order valence-corrected chi connectivity index (χ3v) is 3.10. The number of rotatable bonds is 7. The molecule has 0 aliphatic rings. The van der Waals surface area contributed by atoms with Gasteiger partial charge in [-0.25, -0.2) is 0 Å². The molecule has 0 bridgehead atoms. The first-order chi connectivity index (χ1) is 10.2. The fourth-order valence-corrected chi connectivity index (χ4v) is 1.95. The Bertz CT molecular complexity index is 567. The van der Waals surface area contributed by atoms with E-state index in [4.69, 9.17) is 9.84 Å². The predicted molar refractivity (Wildman–Crippen MR) is 79.9 cm³/mol. The fourth-order valence-electron chi connectivity index (χ4n) is 1.95. The second-order valence-electron chi connectivity index (χ2n) is 4.78. The van der Waals surface area contributed by atoms with Crippen molar-refractivity contribution in [2.75, 3.05) is 6.54 Å². The van der Waals surface area contributed by atoms with Crippen LogP contribution in [0, 0.1) is 0 Å². The highest BCUT2D eigenvalue weighted by Gasteiger charge is 2.14. The molecule has 1 amide bonds. The number of benzene rings is 1. The van der Waals surface area contributed by atoms with Crippen molar-refractivity contribution in [3.8, 4) is 5.75 Å².